The van der Waals surface area contributed by atoms with Gasteiger partial charge in [0.1, 0.15) is 5.82 Å². The Hall–Kier alpha value is -1.42. The molecule has 2 rings (SSSR count). The molecule has 3 nitrogen and oxygen atoms in total. The zero-order chi connectivity index (χ0) is 12.3. The molecule has 1 fully saturated rings. The molecule has 1 amide bonds. The second-order valence-corrected chi connectivity index (χ2v) is 4.51. The third-order valence-electron chi connectivity index (χ3n) is 3.21. The van der Waals surface area contributed by atoms with Gasteiger partial charge in [-0.3, -0.25) is 4.79 Å². The Morgan fingerprint density at radius 3 is 3.06 bits per heavy atom. The maximum Gasteiger partial charge on any atom is 0.253 e. The fourth-order valence-electron chi connectivity index (χ4n) is 2.25. The predicted molar refractivity (Wildman–Crippen MR) is 64.1 cm³/mol. The summed E-state index contributed by atoms with van der Waals surface area (Å²) in [6.07, 6.45) is 2.05. The first-order valence-electron chi connectivity index (χ1n) is 5.95. The molecule has 0 saturated carbocycles. The van der Waals surface area contributed by atoms with Crippen molar-refractivity contribution in [3.8, 4) is 0 Å². The van der Waals surface area contributed by atoms with Crippen LogP contribution in [0.3, 0.4) is 0 Å². The van der Waals surface area contributed by atoms with Gasteiger partial charge in [0.05, 0.1) is 0 Å². The molecular formula is C13H17FN2O. The van der Waals surface area contributed by atoms with Crippen LogP contribution in [0, 0.1) is 11.7 Å². The highest BCUT2D eigenvalue weighted by Crippen LogP contribution is 2.18. The summed E-state index contributed by atoms with van der Waals surface area (Å²) in [5.74, 6) is -0.0906. The van der Waals surface area contributed by atoms with Crippen LogP contribution in [-0.4, -0.2) is 30.4 Å². The minimum atomic E-state index is -0.372. The van der Waals surface area contributed by atoms with E-state index in [1.807, 2.05) is 0 Å². The Labute approximate surface area is 100 Å². The smallest absolute Gasteiger partial charge is 0.253 e. The van der Waals surface area contributed by atoms with E-state index in [0.717, 1.165) is 19.4 Å². The molecule has 0 radical (unpaired) electrons. The van der Waals surface area contributed by atoms with E-state index >= 15 is 0 Å². The summed E-state index contributed by atoms with van der Waals surface area (Å²) in [6, 6.07) is 5.84. The lowest BCUT2D eigenvalue weighted by Crippen LogP contribution is -2.42. The average molecular weight is 236 g/mol. The maximum atomic E-state index is 13.0. The van der Waals surface area contributed by atoms with E-state index in [-0.39, 0.29) is 11.7 Å². The Kier molecular flexibility index (Phi) is 3.74. The van der Waals surface area contributed by atoms with E-state index in [1.54, 1.807) is 17.0 Å². The van der Waals surface area contributed by atoms with Crippen molar-refractivity contribution in [1.29, 1.82) is 0 Å². The number of rotatable bonds is 2. The largest absolute Gasteiger partial charge is 0.338 e. The number of halogens is 1. The molecule has 1 aliphatic heterocycles. The summed E-state index contributed by atoms with van der Waals surface area (Å²) >= 11 is 0. The lowest BCUT2D eigenvalue weighted by atomic mass is 9.97. The normalized spacial score (nSPS) is 20.4. The van der Waals surface area contributed by atoms with Gasteiger partial charge in [-0.15, -0.1) is 0 Å². The van der Waals surface area contributed by atoms with Gasteiger partial charge in [0.2, 0.25) is 0 Å². The number of amides is 1. The lowest BCUT2D eigenvalue weighted by molar-refractivity contribution is 0.0677. The van der Waals surface area contributed by atoms with Crippen molar-refractivity contribution in [2.75, 3.05) is 19.6 Å². The van der Waals surface area contributed by atoms with Crippen LogP contribution in [0.5, 0.6) is 0 Å². The number of nitrogens with zero attached hydrogens (tertiary/aromatic N) is 1. The minimum absolute atomic E-state index is 0.0948. The monoisotopic (exact) mass is 236 g/mol. The van der Waals surface area contributed by atoms with Gasteiger partial charge in [0.25, 0.3) is 5.91 Å². The van der Waals surface area contributed by atoms with Gasteiger partial charge in [-0.05, 0) is 43.5 Å². The zero-order valence-corrected chi connectivity index (χ0v) is 9.73. The number of carbonyl (C=O) groups excluding carboxylic acids is 1. The summed E-state index contributed by atoms with van der Waals surface area (Å²) in [5, 5.41) is 0. The van der Waals surface area contributed by atoms with Crippen LogP contribution in [0.15, 0.2) is 24.3 Å². The molecule has 1 heterocycles. The fraction of sp³-hybridized carbons (Fsp3) is 0.462. The van der Waals surface area contributed by atoms with Crippen LogP contribution < -0.4 is 5.73 Å². The molecule has 0 unspecified atom stereocenters. The molecule has 2 N–H and O–H groups in total. The third kappa shape index (κ3) is 2.82. The molecule has 4 heteroatoms. The first-order valence-corrected chi connectivity index (χ1v) is 5.95. The van der Waals surface area contributed by atoms with Crippen LogP contribution in [-0.2, 0) is 0 Å². The molecule has 0 aliphatic carbocycles. The van der Waals surface area contributed by atoms with Crippen LogP contribution in [0.25, 0.3) is 0 Å². The topological polar surface area (TPSA) is 46.3 Å². The van der Waals surface area contributed by atoms with Gasteiger partial charge >= 0.3 is 0 Å². The maximum absolute atomic E-state index is 13.0. The number of likely N-dealkylation sites (tertiary alicyclic amines) is 1. The van der Waals surface area contributed by atoms with Gasteiger partial charge in [-0.2, -0.15) is 0 Å². The van der Waals surface area contributed by atoms with Crippen molar-refractivity contribution >= 4 is 5.91 Å². The number of nitrogens with two attached hydrogens (primary N) is 1. The van der Waals surface area contributed by atoms with Gasteiger partial charge in [-0.1, -0.05) is 6.07 Å². The molecule has 0 bridgehead atoms. The van der Waals surface area contributed by atoms with E-state index < -0.39 is 0 Å². The van der Waals surface area contributed by atoms with Crippen LogP contribution in [0.1, 0.15) is 23.2 Å². The lowest BCUT2D eigenvalue weighted by Gasteiger charge is -2.32. The van der Waals surface area contributed by atoms with E-state index in [1.165, 1.54) is 12.1 Å². The second-order valence-electron chi connectivity index (χ2n) is 4.51. The molecule has 17 heavy (non-hydrogen) atoms. The molecule has 1 aliphatic rings. The summed E-state index contributed by atoms with van der Waals surface area (Å²) in [4.78, 5) is 13.9. The van der Waals surface area contributed by atoms with Crippen molar-refractivity contribution in [3.63, 3.8) is 0 Å². The molecule has 92 valence electrons. The third-order valence-corrected chi connectivity index (χ3v) is 3.21. The van der Waals surface area contributed by atoms with Crippen LogP contribution in [0.4, 0.5) is 4.39 Å². The number of carbonyl (C=O) groups is 1. The van der Waals surface area contributed by atoms with Gasteiger partial charge in [-0.25, -0.2) is 4.39 Å². The summed E-state index contributed by atoms with van der Waals surface area (Å²) in [5.41, 5.74) is 6.05. The highest BCUT2D eigenvalue weighted by atomic mass is 19.1. The van der Waals surface area contributed by atoms with Crippen molar-refractivity contribution < 1.29 is 9.18 Å². The summed E-state index contributed by atoms with van der Waals surface area (Å²) in [7, 11) is 0. The Morgan fingerprint density at radius 2 is 2.35 bits per heavy atom. The molecule has 0 aromatic heterocycles. The molecule has 1 atom stereocenters. The highest BCUT2D eigenvalue weighted by molar-refractivity contribution is 5.94. The summed E-state index contributed by atoms with van der Waals surface area (Å²) in [6.45, 7) is 2.03. The first-order chi connectivity index (χ1) is 8.20. The Bertz CT molecular complexity index is 408. The molecule has 0 spiro atoms. The average Bonchev–Trinajstić information content (AvgIpc) is 2.38. The van der Waals surface area contributed by atoms with E-state index in [0.29, 0.717) is 24.6 Å². The first kappa shape index (κ1) is 12.0. The van der Waals surface area contributed by atoms with Gasteiger partial charge in [0, 0.05) is 18.7 Å². The summed E-state index contributed by atoms with van der Waals surface area (Å²) < 4.78 is 13.0. The van der Waals surface area contributed by atoms with E-state index in [9.17, 15) is 9.18 Å². The van der Waals surface area contributed by atoms with Crippen LogP contribution >= 0.6 is 0 Å². The molecular weight excluding hydrogens is 219 g/mol. The highest BCUT2D eigenvalue weighted by Gasteiger charge is 2.23. The quantitative estimate of drug-likeness (QED) is 0.848. The van der Waals surface area contributed by atoms with Crippen molar-refractivity contribution in [1.82, 2.24) is 4.90 Å². The predicted octanol–water partition coefficient (Wildman–Crippen LogP) is 1.64. The minimum Gasteiger partial charge on any atom is -0.338 e. The van der Waals surface area contributed by atoms with E-state index in [2.05, 4.69) is 0 Å². The standard InChI is InChI=1S/C13H17FN2O/c14-12-5-1-4-11(7-12)13(17)16-6-2-3-10(8-15)9-16/h1,4-5,7,10H,2-3,6,8-9,15H2/t10-/m1/s1. The van der Waals surface area contributed by atoms with Gasteiger partial charge in [0.15, 0.2) is 0 Å². The van der Waals surface area contributed by atoms with Crippen molar-refractivity contribution in [2.24, 2.45) is 11.7 Å². The fourth-order valence-corrected chi connectivity index (χ4v) is 2.25. The Morgan fingerprint density at radius 1 is 1.53 bits per heavy atom. The van der Waals surface area contributed by atoms with Crippen molar-refractivity contribution in [2.45, 2.75) is 12.8 Å². The Balaban J connectivity index is 2.09. The SMILES string of the molecule is NC[C@H]1CCCN(C(=O)c2cccc(F)c2)C1. The number of hydrogen-bond donors (Lipinski definition) is 1. The number of piperidine rings is 1. The molecule has 1 aromatic carbocycles. The molecule has 1 saturated heterocycles. The van der Waals surface area contributed by atoms with Gasteiger partial charge < -0.3 is 10.6 Å². The zero-order valence-electron chi connectivity index (χ0n) is 9.73. The van der Waals surface area contributed by atoms with Crippen molar-refractivity contribution in [3.05, 3.63) is 35.6 Å². The number of benzene rings is 1. The second kappa shape index (κ2) is 5.27. The van der Waals surface area contributed by atoms with E-state index in [4.69, 9.17) is 5.73 Å². The number of hydrogen-bond acceptors (Lipinski definition) is 2. The van der Waals surface area contributed by atoms with Crippen LogP contribution in [0.2, 0.25) is 0 Å². The molecule has 1 aromatic rings.